The number of aromatic nitrogens is 2. The summed E-state index contributed by atoms with van der Waals surface area (Å²) in [4.78, 5) is 11.5. The molecule has 0 saturated carbocycles. The van der Waals surface area contributed by atoms with E-state index in [0.29, 0.717) is 24.9 Å². The molecule has 0 saturated heterocycles. The zero-order valence-corrected chi connectivity index (χ0v) is 8.68. The summed E-state index contributed by atoms with van der Waals surface area (Å²) in [5.74, 6) is -0.187. The van der Waals surface area contributed by atoms with Crippen molar-refractivity contribution in [3.8, 4) is 0 Å². The second kappa shape index (κ2) is 6.08. The lowest BCUT2D eigenvalue weighted by atomic mass is 10.2. The number of nitrogens with one attached hydrogen (secondary N) is 1. The highest BCUT2D eigenvalue weighted by Gasteiger charge is 2.05. The van der Waals surface area contributed by atoms with Crippen molar-refractivity contribution >= 4 is 5.91 Å². The Morgan fingerprint density at radius 3 is 3.00 bits per heavy atom. The van der Waals surface area contributed by atoms with Crippen molar-refractivity contribution in [3.63, 3.8) is 0 Å². The number of rotatable bonds is 5. The molecule has 0 fully saturated rings. The summed E-state index contributed by atoms with van der Waals surface area (Å²) in [5, 5.41) is 19.1. The first-order valence-electron chi connectivity index (χ1n) is 4.97. The van der Waals surface area contributed by atoms with E-state index in [4.69, 9.17) is 0 Å². The molecule has 1 atom stereocenters. The van der Waals surface area contributed by atoms with Crippen LogP contribution in [0, 0.1) is 0 Å². The summed E-state index contributed by atoms with van der Waals surface area (Å²) in [6, 6.07) is 1.60. The number of carbonyl (C=O) groups is 1. The summed E-state index contributed by atoms with van der Waals surface area (Å²) in [6.45, 7) is 2.37. The van der Waals surface area contributed by atoms with Crippen molar-refractivity contribution in [3.05, 3.63) is 24.0 Å². The fraction of sp³-hybridized carbons (Fsp3) is 0.500. The van der Waals surface area contributed by atoms with Gasteiger partial charge in [-0.1, -0.05) is 6.92 Å². The number of nitrogens with zero attached hydrogens (tertiary/aromatic N) is 2. The average Bonchev–Trinajstić information content (AvgIpc) is 2.29. The maximum absolute atomic E-state index is 11.5. The van der Waals surface area contributed by atoms with E-state index < -0.39 is 0 Å². The SMILES string of the molecule is CCC(O)CCNC(=O)c1ccnnc1. The summed E-state index contributed by atoms with van der Waals surface area (Å²) in [6.07, 6.45) is 3.80. The van der Waals surface area contributed by atoms with Crippen LogP contribution in [0.5, 0.6) is 0 Å². The van der Waals surface area contributed by atoms with Gasteiger partial charge in [0.05, 0.1) is 24.1 Å². The molecule has 5 heteroatoms. The number of aliphatic hydroxyl groups is 1. The first-order chi connectivity index (χ1) is 7.24. The van der Waals surface area contributed by atoms with Gasteiger partial charge in [-0.25, -0.2) is 0 Å². The predicted octanol–water partition coefficient (Wildman–Crippen LogP) is 0.367. The van der Waals surface area contributed by atoms with Gasteiger partial charge < -0.3 is 10.4 Å². The van der Waals surface area contributed by atoms with Crippen molar-refractivity contribution in [1.29, 1.82) is 0 Å². The van der Waals surface area contributed by atoms with Crippen LogP contribution < -0.4 is 5.32 Å². The molecular weight excluding hydrogens is 194 g/mol. The molecule has 1 heterocycles. The van der Waals surface area contributed by atoms with E-state index in [9.17, 15) is 9.90 Å². The van der Waals surface area contributed by atoms with E-state index in [1.807, 2.05) is 6.92 Å². The first kappa shape index (κ1) is 11.6. The number of hydrogen-bond donors (Lipinski definition) is 2. The zero-order valence-electron chi connectivity index (χ0n) is 8.68. The maximum atomic E-state index is 11.5. The normalized spacial score (nSPS) is 12.1. The molecule has 1 unspecified atom stereocenters. The van der Waals surface area contributed by atoms with Gasteiger partial charge in [0, 0.05) is 6.54 Å². The van der Waals surface area contributed by atoms with Gasteiger partial charge in [-0.2, -0.15) is 10.2 Å². The third-order valence-corrected chi connectivity index (χ3v) is 2.08. The Balaban J connectivity index is 2.31. The van der Waals surface area contributed by atoms with Crippen LogP contribution in [-0.4, -0.2) is 33.9 Å². The van der Waals surface area contributed by atoms with Gasteiger partial charge in [0.15, 0.2) is 0 Å². The van der Waals surface area contributed by atoms with Crippen molar-refractivity contribution < 1.29 is 9.90 Å². The molecule has 0 radical (unpaired) electrons. The monoisotopic (exact) mass is 209 g/mol. The minimum atomic E-state index is -0.346. The van der Waals surface area contributed by atoms with Gasteiger partial charge in [0.2, 0.25) is 0 Å². The minimum absolute atomic E-state index is 0.187. The zero-order chi connectivity index (χ0) is 11.1. The van der Waals surface area contributed by atoms with E-state index in [2.05, 4.69) is 15.5 Å². The molecule has 0 bridgehead atoms. The Hall–Kier alpha value is -1.49. The fourth-order valence-corrected chi connectivity index (χ4v) is 1.08. The second-order valence-corrected chi connectivity index (χ2v) is 3.24. The Bertz CT molecular complexity index is 303. The summed E-state index contributed by atoms with van der Waals surface area (Å²) in [7, 11) is 0. The highest BCUT2D eigenvalue weighted by atomic mass is 16.3. The van der Waals surface area contributed by atoms with Crippen LogP contribution in [-0.2, 0) is 0 Å². The number of carbonyl (C=O) groups excluding carboxylic acids is 1. The van der Waals surface area contributed by atoms with Gasteiger partial charge in [-0.15, -0.1) is 0 Å². The van der Waals surface area contributed by atoms with Gasteiger partial charge in [0.1, 0.15) is 0 Å². The molecule has 2 N–H and O–H groups in total. The molecule has 0 aliphatic rings. The molecule has 1 aromatic heterocycles. The van der Waals surface area contributed by atoms with Crippen LogP contribution >= 0.6 is 0 Å². The largest absolute Gasteiger partial charge is 0.393 e. The lowest BCUT2D eigenvalue weighted by Gasteiger charge is -2.08. The molecule has 15 heavy (non-hydrogen) atoms. The summed E-state index contributed by atoms with van der Waals surface area (Å²) in [5.41, 5.74) is 0.482. The van der Waals surface area contributed by atoms with Crippen molar-refractivity contribution in [2.75, 3.05) is 6.54 Å². The van der Waals surface area contributed by atoms with Gasteiger partial charge >= 0.3 is 0 Å². The first-order valence-corrected chi connectivity index (χ1v) is 4.97. The topological polar surface area (TPSA) is 75.1 Å². The quantitative estimate of drug-likeness (QED) is 0.734. The lowest BCUT2D eigenvalue weighted by molar-refractivity contribution is 0.0941. The standard InChI is InChI=1S/C10H15N3O2/c1-2-9(14)4-5-11-10(15)8-3-6-12-13-7-8/h3,6-7,9,14H,2,4-5H2,1H3,(H,11,15). The van der Waals surface area contributed by atoms with Crippen LogP contribution in [0.15, 0.2) is 18.5 Å². The average molecular weight is 209 g/mol. The van der Waals surface area contributed by atoms with Crippen molar-refractivity contribution in [2.45, 2.75) is 25.9 Å². The molecule has 82 valence electrons. The smallest absolute Gasteiger partial charge is 0.252 e. The predicted molar refractivity (Wildman–Crippen MR) is 55.3 cm³/mol. The highest BCUT2D eigenvalue weighted by molar-refractivity contribution is 5.93. The van der Waals surface area contributed by atoms with Crippen molar-refractivity contribution in [2.24, 2.45) is 0 Å². The van der Waals surface area contributed by atoms with Crippen LogP contribution in [0.4, 0.5) is 0 Å². The van der Waals surface area contributed by atoms with Crippen LogP contribution in [0.3, 0.4) is 0 Å². The third kappa shape index (κ3) is 4.03. The van der Waals surface area contributed by atoms with E-state index in [1.54, 1.807) is 6.07 Å². The van der Waals surface area contributed by atoms with Gasteiger partial charge in [0.25, 0.3) is 5.91 Å². The van der Waals surface area contributed by atoms with E-state index in [1.165, 1.54) is 12.4 Å². The van der Waals surface area contributed by atoms with Crippen LogP contribution in [0.1, 0.15) is 30.1 Å². The number of amides is 1. The maximum Gasteiger partial charge on any atom is 0.252 e. The summed E-state index contributed by atoms with van der Waals surface area (Å²) >= 11 is 0. The molecule has 0 aromatic carbocycles. The molecule has 0 spiro atoms. The molecule has 0 aliphatic heterocycles. The Labute approximate surface area is 88.5 Å². The van der Waals surface area contributed by atoms with Gasteiger partial charge in [-0.3, -0.25) is 4.79 Å². The molecular formula is C10H15N3O2. The second-order valence-electron chi connectivity index (χ2n) is 3.24. The third-order valence-electron chi connectivity index (χ3n) is 2.08. The lowest BCUT2D eigenvalue weighted by Crippen LogP contribution is -2.27. The Kier molecular flexibility index (Phi) is 4.70. The van der Waals surface area contributed by atoms with Crippen molar-refractivity contribution in [1.82, 2.24) is 15.5 Å². The minimum Gasteiger partial charge on any atom is -0.393 e. The molecule has 5 nitrogen and oxygen atoms in total. The fourth-order valence-electron chi connectivity index (χ4n) is 1.08. The number of aliphatic hydroxyl groups excluding tert-OH is 1. The number of hydrogen-bond acceptors (Lipinski definition) is 4. The Morgan fingerprint density at radius 1 is 1.60 bits per heavy atom. The van der Waals surface area contributed by atoms with Crippen LogP contribution in [0.25, 0.3) is 0 Å². The Morgan fingerprint density at radius 2 is 2.40 bits per heavy atom. The van der Waals surface area contributed by atoms with E-state index in [-0.39, 0.29) is 12.0 Å². The molecule has 1 aromatic rings. The molecule has 1 amide bonds. The van der Waals surface area contributed by atoms with E-state index >= 15 is 0 Å². The van der Waals surface area contributed by atoms with E-state index in [0.717, 1.165) is 0 Å². The molecule has 1 rings (SSSR count). The summed E-state index contributed by atoms with van der Waals surface area (Å²) < 4.78 is 0. The van der Waals surface area contributed by atoms with Gasteiger partial charge in [-0.05, 0) is 18.9 Å². The van der Waals surface area contributed by atoms with Crippen LogP contribution in [0.2, 0.25) is 0 Å². The molecule has 0 aliphatic carbocycles. The highest BCUT2D eigenvalue weighted by Crippen LogP contribution is 1.96.